The summed E-state index contributed by atoms with van der Waals surface area (Å²) in [6.07, 6.45) is -1.17. The number of ketones is 1. The summed E-state index contributed by atoms with van der Waals surface area (Å²) < 4.78 is 13.0. The van der Waals surface area contributed by atoms with Gasteiger partial charge >= 0.3 is 0 Å². The highest BCUT2D eigenvalue weighted by molar-refractivity contribution is 7.80. The van der Waals surface area contributed by atoms with Gasteiger partial charge in [0.2, 0.25) is 0 Å². The first-order chi connectivity index (χ1) is 10.6. The topological polar surface area (TPSA) is 46.2 Å². The zero-order chi connectivity index (χ0) is 15.9. The fourth-order valence-corrected chi connectivity index (χ4v) is 2.03. The van der Waals surface area contributed by atoms with Crippen molar-refractivity contribution < 1.29 is 14.0 Å². The number of amides is 1. The number of halogens is 1. The summed E-state index contributed by atoms with van der Waals surface area (Å²) in [5.41, 5.74) is 1.48. The molecular formula is C17H16FNO2S. The van der Waals surface area contributed by atoms with E-state index in [4.69, 9.17) is 0 Å². The van der Waals surface area contributed by atoms with Crippen molar-refractivity contribution >= 4 is 24.3 Å². The molecule has 0 radical (unpaired) electrons. The molecule has 5 heteroatoms. The summed E-state index contributed by atoms with van der Waals surface area (Å²) in [5.74, 6) is -0.417. The molecule has 1 unspecified atom stereocenters. The number of nitrogens with one attached hydrogen (secondary N) is 1. The summed E-state index contributed by atoms with van der Waals surface area (Å²) in [5, 5.41) is 2.48. The number of carbonyl (C=O) groups excluding carboxylic acids is 2. The molecule has 22 heavy (non-hydrogen) atoms. The predicted octanol–water partition coefficient (Wildman–Crippen LogP) is 2.92. The summed E-state index contributed by atoms with van der Waals surface area (Å²) in [6, 6.07) is 15.2. The van der Waals surface area contributed by atoms with Crippen LogP contribution < -0.4 is 5.32 Å². The first kappa shape index (κ1) is 16.2. The normalized spacial score (nSPS) is 11.7. The van der Waals surface area contributed by atoms with Gasteiger partial charge in [-0.25, -0.2) is 4.39 Å². The van der Waals surface area contributed by atoms with Gasteiger partial charge in [0.05, 0.1) is 0 Å². The molecule has 0 saturated carbocycles. The van der Waals surface area contributed by atoms with Crippen LogP contribution >= 0.6 is 12.6 Å². The molecule has 0 fully saturated rings. The van der Waals surface area contributed by atoms with Crippen LogP contribution in [0, 0.1) is 0 Å². The molecule has 0 spiro atoms. The maximum atomic E-state index is 13.0. The molecule has 1 atom stereocenters. The van der Waals surface area contributed by atoms with Crippen LogP contribution in [0.5, 0.6) is 0 Å². The molecule has 1 amide bonds. The maximum absolute atomic E-state index is 13.0. The maximum Gasteiger partial charge on any atom is 0.251 e. The van der Waals surface area contributed by atoms with E-state index in [0.717, 1.165) is 0 Å². The van der Waals surface area contributed by atoms with Crippen LogP contribution in [0.4, 0.5) is 4.39 Å². The molecule has 0 heterocycles. The molecule has 1 N–H and O–H groups in total. The first-order valence-electron chi connectivity index (χ1n) is 6.84. The minimum Gasteiger partial charge on any atom is -0.349 e. The van der Waals surface area contributed by atoms with Crippen molar-refractivity contribution in [3.05, 3.63) is 71.3 Å². The number of hydrogen-bond acceptors (Lipinski definition) is 3. The highest BCUT2D eigenvalue weighted by Crippen LogP contribution is 2.11. The van der Waals surface area contributed by atoms with Gasteiger partial charge in [0.15, 0.2) is 5.78 Å². The number of carbonyl (C=O) groups is 2. The fourth-order valence-electron chi connectivity index (χ4n) is 1.90. The van der Waals surface area contributed by atoms with Crippen molar-refractivity contribution in [3.63, 3.8) is 0 Å². The molecule has 0 bridgehead atoms. The Morgan fingerprint density at radius 1 is 0.955 bits per heavy atom. The molecule has 3 nitrogen and oxygen atoms in total. The van der Waals surface area contributed by atoms with Gasteiger partial charge in [0.25, 0.3) is 5.91 Å². The van der Waals surface area contributed by atoms with Crippen LogP contribution in [0.15, 0.2) is 54.6 Å². The largest absolute Gasteiger partial charge is 0.349 e. The molecule has 0 aliphatic rings. The van der Waals surface area contributed by atoms with Gasteiger partial charge in [-0.05, 0) is 12.1 Å². The minimum absolute atomic E-state index is 0.0603. The van der Waals surface area contributed by atoms with Gasteiger partial charge in [-0.3, -0.25) is 9.59 Å². The molecule has 2 aromatic carbocycles. The van der Waals surface area contributed by atoms with Gasteiger partial charge in [0.1, 0.15) is 6.17 Å². The molecule has 0 aliphatic heterocycles. The number of hydrogen-bond donors (Lipinski definition) is 2. The lowest BCUT2D eigenvalue weighted by Gasteiger charge is -2.08. The van der Waals surface area contributed by atoms with Crippen LogP contribution in [0.25, 0.3) is 0 Å². The second-order valence-electron chi connectivity index (χ2n) is 4.76. The smallest absolute Gasteiger partial charge is 0.251 e. The Morgan fingerprint density at radius 3 is 2.09 bits per heavy atom. The van der Waals surface area contributed by atoms with Gasteiger partial charge in [-0.15, -0.1) is 0 Å². The quantitative estimate of drug-likeness (QED) is 0.636. The summed E-state index contributed by atoms with van der Waals surface area (Å²) in [7, 11) is 0. The average molecular weight is 317 g/mol. The summed E-state index contributed by atoms with van der Waals surface area (Å²) in [4.78, 5) is 24.1. The van der Waals surface area contributed by atoms with Crippen molar-refractivity contribution in [1.82, 2.24) is 5.32 Å². The Labute approximate surface area is 134 Å². The van der Waals surface area contributed by atoms with Crippen molar-refractivity contribution in [2.75, 3.05) is 12.3 Å². The monoisotopic (exact) mass is 317 g/mol. The van der Waals surface area contributed by atoms with Crippen molar-refractivity contribution in [2.45, 2.75) is 6.17 Å². The molecule has 0 aromatic heterocycles. The second kappa shape index (κ2) is 7.75. The van der Waals surface area contributed by atoms with E-state index in [1.807, 2.05) is 6.07 Å². The molecule has 114 valence electrons. The zero-order valence-corrected chi connectivity index (χ0v) is 12.7. The van der Waals surface area contributed by atoms with Gasteiger partial charge in [-0.2, -0.15) is 12.6 Å². The SMILES string of the molecule is O=C(NCC(F)CS)c1ccc(C(=O)c2ccccc2)cc1. The van der Waals surface area contributed by atoms with E-state index in [-0.39, 0.29) is 24.0 Å². The highest BCUT2D eigenvalue weighted by Gasteiger charge is 2.11. The second-order valence-corrected chi connectivity index (χ2v) is 5.13. The third-order valence-electron chi connectivity index (χ3n) is 3.13. The standard InChI is InChI=1S/C17H16FNO2S/c18-15(11-22)10-19-17(21)14-8-6-13(7-9-14)16(20)12-4-2-1-3-5-12/h1-9,15,22H,10-11H2,(H,19,21). The van der Waals surface area contributed by atoms with Crippen LogP contribution in [-0.2, 0) is 0 Å². The summed E-state index contributed by atoms with van der Waals surface area (Å²) in [6.45, 7) is -0.0764. The zero-order valence-electron chi connectivity index (χ0n) is 11.8. The van der Waals surface area contributed by atoms with Crippen LogP contribution in [0.3, 0.4) is 0 Å². The third kappa shape index (κ3) is 4.18. The van der Waals surface area contributed by atoms with Gasteiger partial charge < -0.3 is 5.32 Å². The molecule has 0 aliphatic carbocycles. The first-order valence-corrected chi connectivity index (χ1v) is 7.48. The van der Waals surface area contributed by atoms with Crippen molar-refractivity contribution in [3.8, 4) is 0 Å². The molecular weight excluding hydrogens is 301 g/mol. The molecule has 2 rings (SSSR count). The molecule has 2 aromatic rings. The van der Waals surface area contributed by atoms with Gasteiger partial charge in [0, 0.05) is 29.0 Å². The van der Waals surface area contributed by atoms with Gasteiger partial charge in [-0.1, -0.05) is 42.5 Å². The number of alkyl halides is 1. The Kier molecular flexibility index (Phi) is 5.72. The van der Waals surface area contributed by atoms with E-state index in [2.05, 4.69) is 17.9 Å². The van der Waals surface area contributed by atoms with E-state index in [0.29, 0.717) is 16.7 Å². The Hall–Kier alpha value is -2.14. The number of thiol groups is 1. The van der Waals surface area contributed by atoms with E-state index in [1.165, 1.54) is 0 Å². The third-order valence-corrected chi connectivity index (χ3v) is 3.52. The fraction of sp³-hybridized carbons (Fsp3) is 0.176. The number of rotatable bonds is 6. The lowest BCUT2D eigenvalue weighted by atomic mass is 10.0. The van der Waals surface area contributed by atoms with Crippen molar-refractivity contribution in [2.24, 2.45) is 0 Å². The Balaban J connectivity index is 2.04. The lowest BCUT2D eigenvalue weighted by Crippen LogP contribution is -2.30. The highest BCUT2D eigenvalue weighted by atomic mass is 32.1. The van der Waals surface area contributed by atoms with Crippen LogP contribution in [-0.4, -0.2) is 30.2 Å². The number of benzene rings is 2. The van der Waals surface area contributed by atoms with Crippen molar-refractivity contribution in [1.29, 1.82) is 0 Å². The molecule has 0 saturated heterocycles. The summed E-state index contributed by atoms with van der Waals surface area (Å²) >= 11 is 3.81. The van der Waals surface area contributed by atoms with Crippen LogP contribution in [0.1, 0.15) is 26.3 Å². The lowest BCUT2D eigenvalue weighted by molar-refractivity contribution is 0.0942. The van der Waals surface area contributed by atoms with E-state index in [9.17, 15) is 14.0 Å². The average Bonchev–Trinajstić information content (AvgIpc) is 2.59. The minimum atomic E-state index is -1.17. The predicted molar refractivity (Wildman–Crippen MR) is 87.4 cm³/mol. The van der Waals surface area contributed by atoms with E-state index in [1.54, 1.807) is 48.5 Å². The van der Waals surface area contributed by atoms with E-state index < -0.39 is 6.17 Å². The Bertz CT molecular complexity index is 643. The Morgan fingerprint density at radius 2 is 1.50 bits per heavy atom. The van der Waals surface area contributed by atoms with E-state index >= 15 is 0 Å². The van der Waals surface area contributed by atoms with Crippen LogP contribution in [0.2, 0.25) is 0 Å².